The summed E-state index contributed by atoms with van der Waals surface area (Å²) in [5.74, 6) is -0.275. The molecule has 2 rings (SSSR count). The number of rotatable bonds is 9. The van der Waals surface area contributed by atoms with E-state index in [1.165, 1.54) is 24.3 Å². The van der Waals surface area contributed by atoms with E-state index in [1.807, 2.05) is 31.2 Å². The van der Waals surface area contributed by atoms with E-state index in [-0.39, 0.29) is 10.8 Å². The molecule has 0 aliphatic heterocycles. The Balaban J connectivity index is 2.05. The molecule has 0 bridgehead atoms. The first-order valence-electron chi connectivity index (χ1n) is 8.46. The van der Waals surface area contributed by atoms with E-state index >= 15 is 0 Å². The zero-order valence-corrected chi connectivity index (χ0v) is 15.8. The maximum atomic E-state index is 12.4. The summed E-state index contributed by atoms with van der Waals surface area (Å²) < 4.78 is 31.8. The van der Waals surface area contributed by atoms with Crippen LogP contribution in [-0.4, -0.2) is 34.6 Å². The molecule has 0 atom stereocenters. The normalized spacial score (nSPS) is 11.3. The van der Waals surface area contributed by atoms with Crippen LogP contribution < -0.4 is 10.0 Å². The van der Waals surface area contributed by atoms with Gasteiger partial charge >= 0.3 is 0 Å². The number of benzene rings is 2. The molecule has 0 aromatic heterocycles. The zero-order valence-electron chi connectivity index (χ0n) is 15.0. The summed E-state index contributed by atoms with van der Waals surface area (Å²) in [5, 5.41) is 2.87. The van der Waals surface area contributed by atoms with Gasteiger partial charge in [0.25, 0.3) is 5.91 Å². The van der Waals surface area contributed by atoms with Crippen molar-refractivity contribution < 1.29 is 17.9 Å². The summed E-state index contributed by atoms with van der Waals surface area (Å²) >= 11 is 0. The Morgan fingerprint density at radius 3 is 2.42 bits per heavy atom. The Morgan fingerprint density at radius 1 is 1.08 bits per heavy atom. The third-order valence-electron chi connectivity index (χ3n) is 3.89. The van der Waals surface area contributed by atoms with Crippen LogP contribution in [0.4, 0.5) is 5.69 Å². The molecule has 0 aliphatic rings. The van der Waals surface area contributed by atoms with Gasteiger partial charge in [0.05, 0.1) is 4.90 Å². The molecule has 0 saturated heterocycles. The van der Waals surface area contributed by atoms with E-state index in [0.717, 1.165) is 17.7 Å². The number of hydrogen-bond donors (Lipinski definition) is 2. The molecular formula is C19H24N2O4S. The highest BCUT2D eigenvalue weighted by atomic mass is 32.2. The summed E-state index contributed by atoms with van der Waals surface area (Å²) in [6, 6.07) is 13.5. The van der Waals surface area contributed by atoms with Crippen molar-refractivity contribution in [2.45, 2.75) is 24.7 Å². The summed E-state index contributed by atoms with van der Waals surface area (Å²) in [6.45, 7) is 2.80. The highest BCUT2D eigenvalue weighted by Gasteiger charge is 2.15. The number of para-hydroxylation sites is 1. The highest BCUT2D eigenvalue weighted by molar-refractivity contribution is 7.89. The molecule has 26 heavy (non-hydrogen) atoms. The van der Waals surface area contributed by atoms with Crippen LogP contribution in [0, 0.1) is 0 Å². The number of anilines is 1. The first-order chi connectivity index (χ1) is 12.5. The summed E-state index contributed by atoms with van der Waals surface area (Å²) in [6.07, 6.45) is 1.40. The lowest BCUT2D eigenvalue weighted by molar-refractivity contribution is 0.102. The van der Waals surface area contributed by atoms with Crippen molar-refractivity contribution in [1.82, 2.24) is 4.72 Å². The lowest BCUT2D eigenvalue weighted by atomic mass is 10.1. The molecule has 7 heteroatoms. The molecule has 0 radical (unpaired) electrons. The van der Waals surface area contributed by atoms with Crippen LogP contribution in [0.25, 0.3) is 0 Å². The van der Waals surface area contributed by atoms with E-state index in [1.54, 1.807) is 7.11 Å². The fraction of sp³-hybridized carbons (Fsp3) is 0.316. The molecule has 2 N–H and O–H groups in total. The minimum Gasteiger partial charge on any atom is -0.385 e. The zero-order chi connectivity index (χ0) is 19.0. The van der Waals surface area contributed by atoms with Crippen molar-refractivity contribution in [2.24, 2.45) is 0 Å². The Morgan fingerprint density at radius 2 is 1.77 bits per heavy atom. The summed E-state index contributed by atoms with van der Waals surface area (Å²) in [4.78, 5) is 12.5. The number of methoxy groups -OCH3 is 1. The number of carbonyl (C=O) groups excluding carboxylic acids is 1. The van der Waals surface area contributed by atoms with Crippen molar-refractivity contribution in [3.05, 3.63) is 59.7 Å². The SMILES string of the molecule is CCc1ccccc1NC(=O)c1ccc(S(=O)(=O)NCCCOC)cc1. The standard InChI is InChI=1S/C19H24N2O4S/c1-3-15-7-4-5-8-18(15)21-19(22)16-9-11-17(12-10-16)26(23,24)20-13-6-14-25-2/h4-5,7-12,20H,3,6,13-14H2,1-2H3,(H,21,22). The van der Waals surface area contributed by atoms with Gasteiger partial charge in [0, 0.05) is 31.5 Å². The van der Waals surface area contributed by atoms with Crippen molar-refractivity contribution >= 4 is 21.6 Å². The van der Waals surface area contributed by atoms with Crippen LogP contribution in [0.5, 0.6) is 0 Å². The smallest absolute Gasteiger partial charge is 0.255 e. The molecule has 0 unspecified atom stereocenters. The predicted octanol–water partition coefficient (Wildman–Crippen LogP) is 2.82. The molecule has 0 heterocycles. The number of amides is 1. The molecule has 140 valence electrons. The van der Waals surface area contributed by atoms with Crippen LogP contribution in [0.1, 0.15) is 29.3 Å². The third kappa shape index (κ3) is 5.39. The van der Waals surface area contributed by atoms with Gasteiger partial charge in [-0.15, -0.1) is 0 Å². The number of aryl methyl sites for hydroxylation is 1. The Labute approximate surface area is 154 Å². The first-order valence-corrected chi connectivity index (χ1v) is 9.94. The van der Waals surface area contributed by atoms with Gasteiger partial charge in [-0.05, 0) is 48.7 Å². The average Bonchev–Trinajstić information content (AvgIpc) is 2.66. The number of carbonyl (C=O) groups is 1. The van der Waals surface area contributed by atoms with Crippen LogP contribution in [0.15, 0.2) is 53.4 Å². The molecule has 6 nitrogen and oxygen atoms in total. The molecule has 0 fully saturated rings. The molecule has 1 amide bonds. The molecule has 0 spiro atoms. The van der Waals surface area contributed by atoms with Gasteiger partial charge in [-0.1, -0.05) is 25.1 Å². The number of hydrogen-bond acceptors (Lipinski definition) is 4. The second kappa shape index (κ2) is 9.47. The molecule has 2 aromatic rings. The largest absolute Gasteiger partial charge is 0.385 e. The first kappa shape index (κ1) is 20.1. The monoisotopic (exact) mass is 376 g/mol. The van der Waals surface area contributed by atoms with Crippen molar-refractivity contribution in [1.29, 1.82) is 0 Å². The Bertz CT molecular complexity index is 833. The van der Waals surface area contributed by atoms with E-state index in [0.29, 0.717) is 25.1 Å². The Hall–Kier alpha value is -2.22. The molecule has 0 aliphatic carbocycles. The van der Waals surface area contributed by atoms with E-state index < -0.39 is 10.0 Å². The van der Waals surface area contributed by atoms with Crippen LogP contribution >= 0.6 is 0 Å². The highest BCUT2D eigenvalue weighted by Crippen LogP contribution is 2.17. The second-order valence-corrected chi connectivity index (χ2v) is 7.50. The Kier molecular flexibility index (Phi) is 7.32. The second-order valence-electron chi connectivity index (χ2n) is 5.73. The number of ether oxygens (including phenoxy) is 1. The van der Waals surface area contributed by atoms with Crippen LogP contribution in [-0.2, 0) is 21.2 Å². The lowest BCUT2D eigenvalue weighted by Crippen LogP contribution is -2.25. The predicted molar refractivity (Wildman–Crippen MR) is 102 cm³/mol. The average molecular weight is 376 g/mol. The maximum absolute atomic E-state index is 12.4. The van der Waals surface area contributed by atoms with Gasteiger partial charge < -0.3 is 10.1 Å². The fourth-order valence-corrected chi connectivity index (χ4v) is 3.51. The van der Waals surface area contributed by atoms with Crippen molar-refractivity contribution in [2.75, 3.05) is 25.6 Å². The fourth-order valence-electron chi connectivity index (χ4n) is 2.44. The minimum atomic E-state index is -3.59. The maximum Gasteiger partial charge on any atom is 0.255 e. The van der Waals surface area contributed by atoms with E-state index in [4.69, 9.17) is 4.74 Å². The van der Waals surface area contributed by atoms with E-state index in [9.17, 15) is 13.2 Å². The van der Waals surface area contributed by atoms with Gasteiger partial charge in [0.15, 0.2) is 0 Å². The summed E-state index contributed by atoms with van der Waals surface area (Å²) in [7, 11) is -2.02. The van der Waals surface area contributed by atoms with Crippen LogP contribution in [0.2, 0.25) is 0 Å². The van der Waals surface area contributed by atoms with Gasteiger partial charge in [-0.2, -0.15) is 0 Å². The van der Waals surface area contributed by atoms with Gasteiger partial charge in [-0.3, -0.25) is 4.79 Å². The third-order valence-corrected chi connectivity index (χ3v) is 5.37. The van der Waals surface area contributed by atoms with Gasteiger partial charge in [0.2, 0.25) is 10.0 Å². The minimum absolute atomic E-state index is 0.125. The van der Waals surface area contributed by atoms with Gasteiger partial charge in [0.1, 0.15) is 0 Å². The lowest BCUT2D eigenvalue weighted by Gasteiger charge is -2.10. The summed E-state index contributed by atoms with van der Waals surface area (Å²) in [5.41, 5.74) is 2.20. The molecular weight excluding hydrogens is 352 g/mol. The topological polar surface area (TPSA) is 84.5 Å². The van der Waals surface area contributed by atoms with Crippen molar-refractivity contribution in [3.63, 3.8) is 0 Å². The quantitative estimate of drug-likeness (QED) is 0.659. The number of nitrogens with one attached hydrogen (secondary N) is 2. The molecule has 0 saturated carbocycles. The van der Waals surface area contributed by atoms with Crippen LogP contribution in [0.3, 0.4) is 0 Å². The molecule has 2 aromatic carbocycles. The van der Waals surface area contributed by atoms with E-state index in [2.05, 4.69) is 10.0 Å². The van der Waals surface area contributed by atoms with Crippen molar-refractivity contribution in [3.8, 4) is 0 Å². The van der Waals surface area contributed by atoms with Gasteiger partial charge in [-0.25, -0.2) is 13.1 Å². The number of sulfonamides is 1.